The molecule has 5 nitrogen and oxygen atoms in total. The van der Waals surface area contributed by atoms with Crippen molar-refractivity contribution in [3.63, 3.8) is 0 Å². The van der Waals surface area contributed by atoms with Gasteiger partial charge in [0.25, 0.3) is 0 Å². The van der Waals surface area contributed by atoms with Gasteiger partial charge in [0.15, 0.2) is 5.65 Å². The van der Waals surface area contributed by atoms with Gasteiger partial charge in [-0.1, -0.05) is 6.92 Å². The number of carboxylic acids is 1. The van der Waals surface area contributed by atoms with E-state index in [1.54, 1.807) is 30.0 Å². The van der Waals surface area contributed by atoms with Crippen molar-refractivity contribution in [2.24, 2.45) is 5.92 Å². The van der Waals surface area contributed by atoms with E-state index >= 15 is 0 Å². The van der Waals surface area contributed by atoms with Crippen LogP contribution in [0.5, 0.6) is 0 Å². The first-order valence-corrected chi connectivity index (χ1v) is 5.58. The van der Waals surface area contributed by atoms with Gasteiger partial charge in [-0.05, 0) is 22.4 Å². The molecule has 2 rings (SSSR count). The fourth-order valence-electron chi connectivity index (χ4n) is 1.46. The topological polar surface area (TPSA) is 67.5 Å². The van der Waals surface area contributed by atoms with Gasteiger partial charge in [-0.15, -0.1) is 0 Å². The highest BCUT2D eigenvalue weighted by Gasteiger charge is 2.15. The van der Waals surface area contributed by atoms with Crippen LogP contribution >= 0.6 is 15.9 Å². The number of hydrogen-bond acceptors (Lipinski definition) is 3. The summed E-state index contributed by atoms with van der Waals surface area (Å²) >= 11 is 3.30. The zero-order chi connectivity index (χ0) is 11.7. The lowest BCUT2D eigenvalue weighted by molar-refractivity contribution is -0.141. The minimum atomic E-state index is -0.809. The predicted octanol–water partition coefficient (Wildman–Crippen LogP) is 1.75. The van der Waals surface area contributed by atoms with Crippen molar-refractivity contribution in [3.05, 3.63) is 28.6 Å². The molecule has 0 aromatic carbocycles. The zero-order valence-corrected chi connectivity index (χ0v) is 10.2. The molecule has 0 aliphatic rings. The highest BCUT2D eigenvalue weighted by molar-refractivity contribution is 9.10. The first-order valence-electron chi connectivity index (χ1n) is 4.78. The largest absolute Gasteiger partial charge is 0.481 e. The Kier molecular flexibility index (Phi) is 2.91. The second kappa shape index (κ2) is 4.21. The summed E-state index contributed by atoms with van der Waals surface area (Å²) < 4.78 is 2.47. The lowest BCUT2D eigenvalue weighted by atomic mass is 10.0. The summed E-state index contributed by atoms with van der Waals surface area (Å²) in [5.41, 5.74) is 1.55. The minimum Gasteiger partial charge on any atom is -0.481 e. The smallest absolute Gasteiger partial charge is 0.306 e. The van der Waals surface area contributed by atoms with Gasteiger partial charge in [-0.2, -0.15) is 5.10 Å². The van der Waals surface area contributed by atoms with Gasteiger partial charge in [0.05, 0.1) is 16.6 Å². The molecule has 6 heteroatoms. The number of aromatic nitrogens is 3. The summed E-state index contributed by atoms with van der Waals surface area (Å²) in [6.07, 6.45) is 5.56. The van der Waals surface area contributed by atoms with E-state index in [2.05, 4.69) is 26.0 Å². The average Bonchev–Trinajstić information content (AvgIpc) is 2.60. The maximum Gasteiger partial charge on any atom is 0.306 e. The molecule has 16 heavy (non-hydrogen) atoms. The van der Waals surface area contributed by atoms with Gasteiger partial charge < -0.3 is 5.11 Å². The van der Waals surface area contributed by atoms with E-state index in [0.717, 1.165) is 10.0 Å². The number of nitrogens with zero attached hydrogens (tertiary/aromatic N) is 3. The Labute approximate surface area is 100 Å². The SMILES string of the molecule is CC(Cc1cnn2cc(Br)cnc12)C(=O)O. The molecule has 1 unspecified atom stereocenters. The van der Waals surface area contributed by atoms with Crippen LogP contribution in [0.4, 0.5) is 0 Å². The van der Waals surface area contributed by atoms with Crippen LogP contribution in [0.3, 0.4) is 0 Å². The minimum absolute atomic E-state index is 0.432. The molecule has 0 fully saturated rings. The highest BCUT2D eigenvalue weighted by atomic mass is 79.9. The van der Waals surface area contributed by atoms with Gasteiger partial charge >= 0.3 is 5.97 Å². The van der Waals surface area contributed by atoms with Gasteiger partial charge in [0.1, 0.15) is 0 Å². The normalized spacial score (nSPS) is 12.9. The second-order valence-corrected chi connectivity index (χ2v) is 4.57. The molecule has 1 N–H and O–H groups in total. The molecule has 0 amide bonds. The Balaban J connectivity index is 2.35. The van der Waals surface area contributed by atoms with Crippen LogP contribution in [-0.2, 0) is 11.2 Å². The number of carboxylic acid groups (broad SMARTS) is 1. The van der Waals surface area contributed by atoms with Gasteiger partial charge in [0, 0.05) is 18.0 Å². The molecule has 2 aromatic heterocycles. The third-order valence-electron chi connectivity index (χ3n) is 2.35. The summed E-state index contributed by atoms with van der Waals surface area (Å²) in [7, 11) is 0. The first kappa shape index (κ1) is 11.1. The molecule has 0 spiro atoms. The van der Waals surface area contributed by atoms with Crippen molar-refractivity contribution in [1.29, 1.82) is 0 Å². The number of carbonyl (C=O) groups is 1. The van der Waals surface area contributed by atoms with Crippen LogP contribution in [0, 0.1) is 5.92 Å². The van der Waals surface area contributed by atoms with Gasteiger partial charge in [-0.3, -0.25) is 4.79 Å². The first-order chi connectivity index (χ1) is 7.58. The van der Waals surface area contributed by atoms with E-state index in [1.165, 1.54) is 0 Å². The fraction of sp³-hybridized carbons (Fsp3) is 0.300. The summed E-state index contributed by atoms with van der Waals surface area (Å²) in [5.74, 6) is -1.24. The molecule has 0 aliphatic carbocycles. The van der Waals surface area contributed by atoms with Crippen LogP contribution in [-0.4, -0.2) is 25.7 Å². The van der Waals surface area contributed by atoms with E-state index in [-0.39, 0.29) is 0 Å². The fourth-order valence-corrected chi connectivity index (χ4v) is 1.76. The summed E-state index contributed by atoms with van der Waals surface area (Å²) in [5, 5.41) is 13.0. The molecule has 2 heterocycles. The van der Waals surface area contributed by atoms with Crippen LogP contribution in [0.1, 0.15) is 12.5 Å². The maximum absolute atomic E-state index is 10.8. The average molecular weight is 284 g/mol. The number of fused-ring (bicyclic) bond motifs is 1. The van der Waals surface area contributed by atoms with E-state index in [4.69, 9.17) is 5.11 Å². The quantitative estimate of drug-likeness (QED) is 0.932. The van der Waals surface area contributed by atoms with Crippen molar-refractivity contribution in [2.45, 2.75) is 13.3 Å². The maximum atomic E-state index is 10.8. The Bertz CT molecular complexity index is 538. The highest BCUT2D eigenvalue weighted by Crippen LogP contribution is 2.15. The standard InChI is InChI=1S/C10H10BrN3O2/c1-6(10(15)16)2-7-3-13-14-5-8(11)4-12-9(7)14/h3-6H,2H2,1H3,(H,15,16). The lowest BCUT2D eigenvalue weighted by Gasteiger charge is -2.03. The summed E-state index contributed by atoms with van der Waals surface area (Å²) in [4.78, 5) is 15.0. The van der Waals surface area contributed by atoms with Crippen LogP contribution in [0.15, 0.2) is 23.1 Å². The van der Waals surface area contributed by atoms with Crippen molar-refractivity contribution in [1.82, 2.24) is 14.6 Å². The Morgan fingerprint density at radius 2 is 2.38 bits per heavy atom. The Morgan fingerprint density at radius 3 is 3.06 bits per heavy atom. The third-order valence-corrected chi connectivity index (χ3v) is 2.76. The number of hydrogen-bond donors (Lipinski definition) is 1. The predicted molar refractivity (Wildman–Crippen MR) is 61.2 cm³/mol. The molecule has 0 bridgehead atoms. The van der Waals surface area contributed by atoms with Crippen LogP contribution in [0.25, 0.3) is 5.65 Å². The van der Waals surface area contributed by atoms with E-state index in [1.807, 2.05) is 0 Å². The van der Waals surface area contributed by atoms with Crippen molar-refractivity contribution in [3.8, 4) is 0 Å². The monoisotopic (exact) mass is 283 g/mol. The van der Waals surface area contributed by atoms with Crippen LogP contribution in [0.2, 0.25) is 0 Å². The summed E-state index contributed by atoms with van der Waals surface area (Å²) in [6, 6.07) is 0. The zero-order valence-electron chi connectivity index (χ0n) is 8.59. The molecule has 0 saturated heterocycles. The third kappa shape index (κ3) is 2.06. The molecule has 0 radical (unpaired) electrons. The molecule has 2 aromatic rings. The van der Waals surface area contributed by atoms with Crippen molar-refractivity contribution in [2.75, 3.05) is 0 Å². The van der Waals surface area contributed by atoms with Crippen LogP contribution < -0.4 is 0 Å². The molecule has 0 saturated carbocycles. The lowest BCUT2D eigenvalue weighted by Crippen LogP contribution is -2.12. The molecule has 1 atom stereocenters. The Morgan fingerprint density at radius 1 is 1.62 bits per heavy atom. The molecular formula is C10H10BrN3O2. The number of halogens is 1. The number of aliphatic carboxylic acids is 1. The Hall–Kier alpha value is -1.43. The summed E-state index contributed by atoms with van der Waals surface area (Å²) in [6.45, 7) is 1.67. The number of rotatable bonds is 3. The molecule has 84 valence electrons. The van der Waals surface area contributed by atoms with Gasteiger partial charge in [-0.25, -0.2) is 9.50 Å². The van der Waals surface area contributed by atoms with E-state index < -0.39 is 11.9 Å². The van der Waals surface area contributed by atoms with Gasteiger partial charge in [0.2, 0.25) is 0 Å². The van der Waals surface area contributed by atoms with Crippen molar-refractivity contribution < 1.29 is 9.90 Å². The van der Waals surface area contributed by atoms with Crippen molar-refractivity contribution >= 4 is 27.5 Å². The van der Waals surface area contributed by atoms with E-state index in [9.17, 15) is 4.79 Å². The molecule has 0 aliphatic heterocycles. The second-order valence-electron chi connectivity index (χ2n) is 3.65. The van der Waals surface area contributed by atoms with E-state index in [0.29, 0.717) is 12.1 Å². The molecular weight excluding hydrogens is 274 g/mol.